The van der Waals surface area contributed by atoms with Crippen LogP contribution in [0.3, 0.4) is 0 Å². The first-order chi connectivity index (χ1) is 7.17. The summed E-state index contributed by atoms with van der Waals surface area (Å²) >= 11 is 0. The van der Waals surface area contributed by atoms with Crippen molar-refractivity contribution in [3.63, 3.8) is 0 Å². The van der Waals surface area contributed by atoms with E-state index in [1.165, 1.54) is 6.08 Å². The fourth-order valence-corrected chi connectivity index (χ4v) is 1.13. The SMILES string of the molecule is COc1ccc(N=C=O)cc1OC(C)C. The highest BCUT2D eigenvalue weighted by Crippen LogP contribution is 2.31. The summed E-state index contributed by atoms with van der Waals surface area (Å²) in [6.45, 7) is 3.82. The molecule has 1 aromatic carbocycles. The molecule has 0 saturated carbocycles. The van der Waals surface area contributed by atoms with Gasteiger partial charge in [-0.15, -0.1) is 0 Å². The molecule has 0 atom stereocenters. The van der Waals surface area contributed by atoms with Crippen LogP contribution in [0, 0.1) is 0 Å². The highest BCUT2D eigenvalue weighted by atomic mass is 16.5. The zero-order valence-electron chi connectivity index (χ0n) is 8.98. The Morgan fingerprint density at radius 3 is 2.60 bits per heavy atom. The summed E-state index contributed by atoms with van der Waals surface area (Å²) in [5.41, 5.74) is 0.501. The number of rotatable bonds is 4. The molecule has 4 heteroatoms. The topological polar surface area (TPSA) is 47.9 Å². The monoisotopic (exact) mass is 207 g/mol. The molecule has 1 rings (SSSR count). The van der Waals surface area contributed by atoms with Crippen LogP contribution in [0.1, 0.15) is 13.8 Å². The fourth-order valence-electron chi connectivity index (χ4n) is 1.13. The third-order valence-corrected chi connectivity index (χ3v) is 1.68. The molecule has 0 amide bonds. The second-order valence-corrected chi connectivity index (χ2v) is 3.20. The van der Waals surface area contributed by atoms with Crippen LogP contribution in [0.25, 0.3) is 0 Å². The van der Waals surface area contributed by atoms with Gasteiger partial charge in [0, 0.05) is 6.07 Å². The third kappa shape index (κ3) is 3.11. The minimum atomic E-state index is 0.0364. The predicted molar refractivity (Wildman–Crippen MR) is 56.5 cm³/mol. The number of hydrogen-bond donors (Lipinski definition) is 0. The molecule has 15 heavy (non-hydrogen) atoms. The molecule has 0 fully saturated rings. The van der Waals surface area contributed by atoms with Crippen LogP contribution in [0.2, 0.25) is 0 Å². The molecule has 0 N–H and O–H groups in total. The van der Waals surface area contributed by atoms with Gasteiger partial charge in [-0.1, -0.05) is 0 Å². The first-order valence-corrected chi connectivity index (χ1v) is 4.60. The molecule has 80 valence electrons. The summed E-state index contributed by atoms with van der Waals surface area (Å²) in [6.07, 6.45) is 1.52. The lowest BCUT2D eigenvalue weighted by molar-refractivity contribution is 0.230. The Morgan fingerprint density at radius 1 is 1.33 bits per heavy atom. The largest absolute Gasteiger partial charge is 0.493 e. The molecular formula is C11H13NO3. The van der Waals surface area contributed by atoms with Gasteiger partial charge < -0.3 is 9.47 Å². The van der Waals surface area contributed by atoms with Crippen molar-refractivity contribution in [2.45, 2.75) is 20.0 Å². The normalized spacial score (nSPS) is 9.60. The standard InChI is InChI=1S/C11H13NO3/c1-8(2)15-11-6-9(12-7-13)4-5-10(11)14-3/h4-6,8H,1-3H3. The van der Waals surface area contributed by atoms with Gasteiger partial charge in [0.15, 0.2) is 11.5 Å². The molecule has 0 aromatic heterocycles. The summed E-state index contributed by atoms with van der Waals surface area (Å²) < 4.78 is 10.6. The van der Waals surface area contributed by atoms with E-state index in [-0.39, 0.29) is 6.10 Å². The van der Waals surface area contributed by atoms with E-state index in [1.807, 2.05) is 13.8 Å². The summed E-state index contributed by atoms with van der Waals surface area (Å²) in [5.74, 6) is 1.19. The van der Waals surface area contributed by atoms with E-state index in [9.17, 15) is 4.79 Å². The van der Waals surface area contributed by atoms with E-state index < -0.39 is 0 Å². The molecule has 0 spiro atoms. The Bertz CT molecular complexity index is 381. The molecule has 0 aliphatic heterocycles. The number of aliphatic imine (C=N–C) groups is 1. The van der Waals surface area contributed by atoms with Gasteiger partial charge in [0.25, 0.3) is 0 Å². The van der Waals surface area contributed by atoms with Crippen molar-refractivity contribution in [1.82, 2.24) is 0 Å². The van der Waals surface area contributed by atoms with Gasteiger partial charge >= 0.3 is 0 Å². The Kier molecular flexibility index (Phi) is 3.89. The smallest absolute Gasteiger partial charge is 0.240 e. The lowest BCUT2D eigenvalue weighted by atomic mass is 10.3. The van der Waals surface area contributed by atoms with Crippen molar-refractivity contribution in [1.29, 1.82) is 0 Å². The van der Waals surface area contributed by atoms with E-state index in [1.54, 1.807) is 25.3 Å². The molecule has 0 heterocycles. The van der Waals surface area contributed by atoms with Gasteiger partial charge in [-0.25, -0.2) is 4.79 Å². The summed E-state index contributed by atoms with van der Waals surface area (Å²) in [5, 5.41) is 0. The maximum absolute atomic E-state index is 10.1. The van der Waals surface area contributed by atoms with E-state index in [0.29, 0.717) is 17.2 Å². The van der Waals surface area contributed by atoms with Gasteiger partial charge in [-0.05, 0) is 26.0 Å². The Balaban J connectivity index is 3.06. The van der Waals surface area contributed by atoms with Crippen LogP contribution in [0.15, 0.2) is 23.2 Å². The molecule has 4 nitrogen and oxygen atoms in total. The number of nitrogens with zero attached hydrogens (tertiary/aromatic N) is 1. The van der Waals surface area contributed by atoms with Crippen molar-refractivity contribution in [3.8, 4) is 11.5 Å². The second-order valence-electron chi connectivity index (χ2n) is 3.20. The van der Waals surface area contributed by atoms with Gasteiger partial charge in [-0.2, -0.15) is 4.99 Å². The summed E-state index contributed by atoms with van der Waals surface area (Å²) in [6, 6.07) is 5.01. The number of hydrogen-bond acceptors (Lipinski definition) is 4. The van der Waals surface area contributed by atoms with Crippen molar-refractivity contribution in [3.05, 3.63) is 18.2 Å². The third-order valence-electron chi connectivity index (χ3n) is 1.68. The highest BCUT2D eigenvalue weighted by Gasteiger charge is 2.06. The molecule has 0 saturated heterocycles. The lowest BCUT2D eigenvalue weighted by Gasteiger charge is -2.13. The van der Waals surface area contributed by atoms with Crippen molar-refractivity contribution in [2.24, 2.45) is 4.99 Å². The minimum absolute atomic E-state index is 0.0364. The second kappa shape index (κ2) is 5.17. The quantitative estimate of drug-likeness (QED) is 0.562. The minimum Gasteiger partial charge on any atom is -0.493 e. The van der Waals surface area contributed by atoms with E-state index in [0.717, 1.165) is 0 Å². The number of carbonyl (C=O) groups excluding carboxylic acids is 1. The molecule has 1 aromatic rings. The molecule has 0 unspecified atom stereocenters. The summed E-state index contributed by atoms with van der Waals surface area (Å²) in [7, 11) is 1.56. The zero-order valence-corrected chi connectivity index (χ0v) is 8.98. The Hall–Kier alpha value is -1.80. The first kappa shape index (κ1) is 11.3. The average molecular weight is 207 g/mol. The number of ether oxygens (including phenoxy) is 2. The van der Waals surface area contributed by atoms with Gasteiger partial charge in [0.2, 0.25) is 6.08 Å². The molecule has 0 bridgehead atoms. The molecular weight excluding hydrogens is 194 g/mol. The van der Waals surface area contributed by atoms with Crippen LogP contribution in [0.5, 0.6) is 11.5 Å². The summed E-state index contributed by atoms with van der Waals surface area (Å²) in [4.78, 5) is 13.6. The maximum atomic E-state index is 10.1. The zero-order chi connectivity index (χ0) is 11.3. The fraction of sp³-hybridized carbons (Fsp3) is 0.364. The van der Waals surface area contributed by atoms with Crippen molar-refractivity contribution >= 4 is 11.8 Å². The first-order valence-electron chi connectivity index (χ1n) is 4.60. The van der Waals surface area contributed by atoms with Crippen LogP contribution < -0.4 is 9.47 Å². The van der Waals surface area contributed by atoms with Crippen LogP contribution in [-0.2, 0) is 4.79 Å². The van der Waals surface area contributed by atoms with Crippen LogP contribution in [0.4, 0.5) is 5.69 Å². The van der Waals surface area contributed by atoms with Crippen LogP contribution in [-0.4, -0.2) is 19.3 Å². The van der Waals surface area contributed by atoms with E-state index in [4.69, 9.17) is 9.47 Å². The number of benzene rings is 1. The van der Waals surface area contributed by atoms with Gasteiger partial charge in [0.1, 0.15) is 0 Å². The average Bonchev–Trinajstić information content (AvgIpc) is 2.18. The van der Waals surface area contributed by atoms with E-state index >= 15 is 0 Å². The highest BCUT2D eigenvalue weighted by molar-refractivity contribution is 5.55. The van der Waals surface area contributed by atoms with Crippen molar-refractivity contribution < 1.29 is 14.3 Å². The Labute approximate surface area is 88.5 Å². The number of methoxy groups -OCH3 is 1. The van der Waals surface area contributed by atoms with Crippen molar-refractivity contribution in [2.75, 3.05) is 7.11 Å². The van der Waals surface area contributed by atoms with E-state index in [2.05, 4.69) is 4.99 Å². The maximum Gasteiger partial charge on any atom is 0.240 e. The van der Waals surface area contributed by atoms with Gasteiger partial charge in [0.05, 0.1) is 18.9 Å². The number of isocyanates is 1. The predicted octanol–water partition coefficient (Wildman–Crippen LogP) is 2.45. The molecule has 0 radical (unpaired) electrons. The molecule has 0 aliphatic carbocycles. The van der Waals surface area contributed by atoms with Gasteiger partial charge in [-0.3, -0.25) is 0 Å². The Morgan fingerprint density at radius 2 is 2.07 bits per heavy atom. The molecule has 0 aliphatic rings. The van der Waals surface area contributed by atoms with Crippen LogP contribution >= 0.6 is 0 Å². The lowest BCUT2D eigenvalue weighted by Crippen LogP contribution is -2.06.